The topological polar surface area (TPSA) is 67.4 Å². The maximum Gasteiger partial charge on any atom is 0.240 e. The molecule has 1 atom stereocenters. The zero-order valence-corrected chi connectivity index (χ0v) is 16.1. The first-order valence-electron chi connectivity index (χ1n) is 8.40. The molecule has 0 amide bonds. The maximum atomic E-state index is 12.3. The molecule has 1 heterocycles. The van der Waals surface area contributed by atoms with Crippen LogP contribution in [0.5, 0.6) is 5.75 Å². The molecule has 0 spiro atoms. The van der Waals surface area contributed by atoms with Crippen molar-refractivity contribution in [3.63, 3.8) is 0 Å². The summed E-state index contributed by atoms with van der Waals surface area (Å²) in [5.41, 5.74) is 0. The van der Waals surface area contributed by atoms with Crippen molar-refractivity contribution < 1.29 is 13.2 Å². The number of halogens is 1. The van der Waals surface area contributed by atoms with Gasteiger partial charge in [-0.2, -0.15) is 0 Å². The number of hydrogen-bond donors (Lipinski definition) is 2. The molecule has 0 bridgehead atoms. The number of ether oxygens (including phenoxy) is 1. The van der Waals surface area contributed by atoms with Crippen molar-refractivity contribution in [2.24, 2.45) is 11.8 Å². The molecule has 1 fully saturated rings. The van der Waals surface area contributed by atoms with Gasteiger partial charge >= 0.3 is 0 Å². The monoisotopic (exact) mass is 376 g/mol. The van der Waals surface area contributed by atoms with E-state index in [-0.39, 0.29) is 17.3 Å². The molecule has 0 saturated carbocycles. The lowest BCUT2D eigenvalue weighted by molar-refractivity contribution is 0.289. The van der Waals surface area contributed by atoms with Crippen LogP contribution in [-0.4, -0.2) is 34.7 Å². The molecular weight excluding hydrogens is 348 g/mol. The third-order valence-corrected chi connectivity index (χ3v) is 5.50. The van der Waals surface area contributed by atoms with Crippen LogP contribution < -0.4 is 14.8 Å². The van der Waals surface area contributed by atoms with Crippen molar-refractivity contribution >= 4 is 22.4 Å². The summed E-state index contributed by atoms with van der Waals surface area (Å²) in [7, 11) is -3.44. The van der Waals surface area contributed by atoms with E-state index < -0.39 is 10.0 Å². The Morgan fingerprint density at radius 3 is 2.58 bits per heavy atom. The predicted molar refractivity (Wildman–Crippen MR) is 99.4 cm³/mol. The Bertz CT molecular complexity index is 570. The maximum absolute atomic E-state index is 12.3. The Labute approximate surface area is 152 Å². The van der Waals surface area contributed by atoms with Gasteiger partial charge in [-0.25, -0.2) is 13.1 Å². The number of piperidine rings is 1. The van der Waals surface area contributed by atoms with Gasteiger partial charge in [0, 0.05) is 6.54 Å². The highest BCUT2D eigenvalue weighted by Crippen LogP contribution is 2.17. The second kappa shape index (κ2) is 10.2. The van der Waals surface area contributed by atoms with Gasteiger partial charge in [-0.05, 0) is 68.5 Å². The van der Waals surface area contributed by atoms with Crippen LogP contribution in [0.4, 0.5) is 0 Å². The number of hydrogen-bond acceptors (Lipinski definition) is 4. The Hall–Kier alpha value is -0.820. The van der Waals surface area contributed by atoms with Crippen LogP contribution in [-0.2, 0) is 10.0 Å². The molecule has 1 aromatic rings. The lowest BCUT2D eigenvalue weighted by Crippen LogP contribution is -2.38. The zero-order chi connectivity index (χ0) is 16.7. The van der Waals surface area contributed by atoms with Gasteiger partial charge in [0.25, 0.3) is 0 Å². The van der Waals surface area contributed by atoms with Crippen LogP contribution in [0, 0.1) is 11.8 Å². The first-order valence-corrected chi connectivity index (χ1v) is 9.89. The molecule has 1 saturated heterocycles. The van der Waals surface area contributed by atoms with E-state index in [1.807, 2.05) is 0 Å². The summed E-state index contributed by atoms with van der Waals surface area (Å²) in [5.74, 6) is 1.67. The summed E-state index contributed by atoms with van der Waals surface area (Å²) in [6, 6.07) is 6.65. The van der Waals surface area contributed by atoms with Gasteiger partial charge in [-0.3, -0.25) is 0 Å². The van der Waals surface area contributed by atoms with Gasteiger partial charge < -0.3 is 10.1 Å². The second-order valence-electron chi connectivity index (χ2n) is 6.57. The minimum absolute atomic E-state index is 0. The van der Waals surface area contributed by atoms with Crippen LogP contribution in [0.2, 0.25) is 0 Å². The van der Waals surface area contributed by atoms with Gasteiger partial charge in [0.1, 0.15) is 5.75 Å². The predicted octanol–water partition coefficient (Wildman–Crippen LogP) is 2.81. The lowest BCUT2D eigenvalue weighted by atomic mass is 10.0. The smallest absolute Gasteiger partial charge is 0.240 e. The summed E-state index contributed by atoms with van der Waals surface area (Å²) < 4.78 is 33.0. The van der Waals surface area contributed by atoms with Crippen molar-refractivity contribution in [1.82, 2.24) is 10.0 Å². The standard InChI is InChI=1S/C17H28N2O3S.ClH/c1-14(2)9-11-22-16-5-7-17(8-6-16)23(20,21)19-13-15-4-3-10-18-12-15;/h5-8,14-15,18-19H,3-4,9-13H2,1-2H3;1H. The molecule has 2 rings (SSSR count). The van der Waals surface area contributed by atoms with Crippen LogP contribution in [0.25, 0.3) is 0 Å². The minimum Gasteiger partial charge on any atom is -0.494 e. The Balaban J connectivity index is 0.00000288. The summed E-state index contributed by atoms with van der Waals surface area (Å²) >= 11 is 0. The van der Waals surface area contributed by atoms with Crippen molar-refractivity contribution in [2.45, 2.75) is 38.0 Å². The van der Waals surface area contributed by atoms with Gasteiger partial charge in [-0.1, -0.05) is 13.8 Å². The van der Waals surface area contributed by atoms with Gasteiger partial charge in [-0.15, -0.1) is 12.4 Å². The number of benzene rings is 1. The zero-order valence-electron chi connectivity index (χ0n) is 14.5. The Morgan fingerprint density at radius 1 is 1.29 bits per heavy atom. The summed E-state index contributed by atoms with van der Waals surface area (Å²) in [5, 5.41) is 3.29. The van der Waals surface area contributed by atoms with Gasteiger partial charge in [0.15, 0.2) is 0 Å². The number of rotatable bonds is 8. The van der Waals surface area contributed by atoms with E-state index in [9.17, 15) is 8.42 Å². The third kappa shape index (κ3) is 6.97. The molecular formula is C17H29ClN2O3S. The van der Waals surface area contributed by atoms with Crippen LogP contribution >= 0.6 is 12.4 Å². The van der Waals surface area contributed by atoms with Crippen molar-refractivity contribution in [1.29, 1.82) is 0 Å². The van der Waals surface area contributed by atoms with Crippen molar-refractivity contribution in [3.8, 4) is 5.75 Å². The minimum atomic E-state index is -3.44. The molecule has 24 heavy (non-hydrogen) atoms. The molecule has 0 aliphatic carbocycles. The molecule has 5 nitrogen and oxygen atoms in total. The van der Waals surface area contributed by atoms with E-state index >= 15 is 0 Å². The summed E-state index contributed by atoms with van der Waals surface area (Å²) in [6.07, 6.45) is 3.16. The summed E-state index contributed by atoms with van der Waals surface area (Å²) in [6.45, 7) is 7.34. The van der Waals surface area contributed by atoms with Crippen LogP contribution in [0.1, 0.15) is 33.1 Å². The molecule has 1 unspecified atom stereocenters. The molecule has 7 heteroatoms. The Kier molecular flexibility index (Phi) is 9.05. The van der Waals surface area contributed by atoms with Crippen molar-refractivity contribution in [2.75, 3.05) is 26.2 Å². The fourth-order valence-electron chi connectivity index (χ4n) is 2.54. The fraction of sp³-hybridized carbons (Fsp3) is 0.647. The SMILES string of the molecule is CC(C)CCOc1ccc(S(=O)(=O)NCC2CCCNC2)cc1.Cl. The van der Waals surface area contributed by atoms with E-state index in [0.29, 0.717) is 30.7 Å². The van der Waals surface area contributed by atoms with E-state index in [1.165, 1.54) is 0 Å². The highest BCUT2D eigenvalue weighted by molar-refractivity contribution is 7.89. The van der Waals surface area contributed by atoms with E-state index in [1.54, 1.807) is 24.3 Å². The molecule has 138 valence electrons. The molecule has 1 aliphatic rings. The number of sulfonamides is 1. The van der Waals surface area contributed by atoms with Gasteiger partial charge in [0.2, 0.25) is 10.0 Å². The second-order valence-corrected chi connectivity index (χ2v) is 8.33. The third-order valence-electron chi connectivity index (χ3n) is 4.06. The molecule has 1 aromatic carbocycles. The quantitative estimate of drug-likeness (QED) is 0.732. The number of nitrogens with one attached hydrogen (secondary N) is 2. The highest BCUT2D eigenvalue weighted by Gasteiger charge is 2.18. The van der Waals surface area contributed by atoms with E-state index in [2.05, 4.69) is 23.9 Å². The average molecular weight is 377 g/mol. The van der Waals surface area contributed by atoms with Gasteiger partial charge in [0.05, 0.1) is 11.5 Å². The van der Waals surface area contributed by atoms with E-state index in [0.717, 1.165) is 32.4 Å². The fourth-order valence-corrected chi connectivity index (χ4v) is 3.65. The first kappa shape index (κ1) is 21.2. The highest BCUT2D eigenvalue weighted by atomic mass is 35.5. The normalized spacial score (nSPS) is 18.2. The average Bonchev–Trinajstić information content (AvgIpc) is 2.54. The Morgan fingerprint density at radius 2 is 2.00 bits per heavy atom. The largest absolute Gasteiger partial charge is 0.494 e. The lowest BCUT2D eigenvalue weighted by Gasteiger charge is -2.22. The van der Waals surface area contributed by atoms with Crippen LogP contribution in [0.15, 0.2) is 29.2 Å². The molecule has 1 aliphatic heterocycles. The van der Waals surface area contributed by atoms with Crippen LogP contribution in [0.3, 0.4) is 0 Å². The van der Waals surface area contributed by atoms with E-state index in [4.69, 9.17) is 4.74 Å². The van der Waals surface area contributed by atoms with Crippen molar-refractivity contribution in [3.05, 3.63) is 24.3 Å². The summed E-state index contributed by atoms with van der Waals surface area (Å²) in [4.78, 5) is 0.289. The molecule has 0 radical (unpaired) electrons. The molecule has 2 N–H and O–H groups in total. The first-order chi connectivity index (χ1) is 11.0. The molecule has 0 aromatic heterocycles.